The van der Waals surface area contributed by atoms with Gasteiger partial charge in [-0.2, -0.15) is 0 Å². The van der Waals surface area contributed by atoms with Gasteiger partial charge in [0.25, 0.3) is 0 Å². The van der Waals surface area contributed by atoms with Crippen LogP contribution in [0.2, 0.25) is 0 Å². The predicted molar refractivity (Wildman–Crippen MR) is 65.5 cm³/mol. The fourth-order valence-corrected chi connectivity index (χ4v) is 2.75. The zero-order valence-electron chi connectivity index (χ0n) is 9.61. The van der Waals surface area contributed by atoms with Crippen LogP contribution in [0.4, 0.5) is 0 Å². The van der Waals surface area contributed by atoms with Crippen LogP contribution in [0, 0.1) is 0 Å². The van der Waals surface area contributed by atoms with Crippen molar-refractivity contribution in [1.29, 1.82) is 0 Å². The van der Waals surface area contributed by atoms with Gasteiger partial charge in [-0.25, -0.2) is 0 Å². The number of aromatic nitrogens is 1. The smallest absolute Gasteiger partial charge is 0.0527 e. The number of aliphatic hydroxyl groups excluding tert-OH is 1. The van der Waals surface area contributed by atoms with Gasteiger partial charge in [-0.3, -0.25) is 0 Å². The number of rotatable bonds is 2. The monoisotopic (exact) mass is 215 g/mol. The van der Waals surface area contributed by atoms with Gasteiger partial charge in [0.2, 0.25) is 0 Å². The van der Waals surface area contributed by atoms with Gasteiger partial charge in [-0.15, -0.1) is 0 Å². The van der Waals surface area contributed by atoms with Gasteiger partial charge in [0.1, 0.15) is 0 Å². The van der Waals surface area contributed by atoms with Gasteiger partial charge in [-0.05, 0) is 42.0 Å². The molecule has 0 unspecified atom stereocenters. The lowest BCUT2D eigenvalue weighted by molar-refractivity contribution is 0.120. The van der Waals surface area contributed by atoms with E-state index in [9.17, 15) is 5.11 Å². The Balaban J connectivity index is 2.11. The Kier molecular flexibility index (Phi) is 2.08. The van der Waals surface area contributed by atoms with Crippen LogP contribution < -0.4 is 0 Å². The molecule has 0 bridgehead atoms. The fraction of sp³-hybridized carbons (Fsp3) is 0.429. The van der Waals surface area contributed by atoms with Crippen LogP contribution in [0.3, 0.4) is 0 Å². The second kappa shape index (κ2) is 3.36. The molecule has 1 fully saturated rings. The maximum absolute atomic E-state index is 9.56. The van der Waals surface area contributed by atoms with E-state index in [2.05, 4.69) is 42.1 Å². The molecule has 2 heteroatoms. The van der Waals surface area contributed by atoms with Crippen molar-refractivity contribution in [2.75, 3.05) is 6.61 Å². The number of hydrogen-bond donors (Lipinski definition) is 1. The number of benzene rings is 1. The number of nitrogens with zero attached hydrogens (tertiary/aromatic N) is 1. The van der Waals surface area contributed by atoms with E-state index in [0.29, 0.717) is 0 Å². The molecule has 0 radical (unpaired) electrons. The summed E-state index contributed by atoms with van der Waals surface area (Å²) in [6.07, 6.45) is 5.58. The first kappa shape index (κ1) is 9.91. The predicted octanol–water partition coefficient (Wildman–Crippen LogP) is 2.59. The molecule has 1 aliphatic carbocycles. The average molecular weight is 215 g/mol. The topological polar surface area (TPSA) is 25.2 Å². The molecule has 1 aromatic heterocycles. The molecule has 1 saturated carbocycles. The summed E-state index contributed by atoms with van der Waals surface area (Å²) in [5.74, 6) is 0. The number of fused-ring (bicyclic) bond motifs is 1. The molecule has 16 heavy (non-hydrogen) atoms. The van der Waals surface area contributed by atoms with Crippen molar-refractivity contribution in [2.45, 2.75) is 24.7 Å². The van der Waals surface area contributed by atoms with Crippen LogP contribution in [0.1, 0.15) is 24.8 Å². The highest BCUT2D eigenvalue weighted by Gasteiger charge is 2.37. The van der Waals surface area contributed by atoms with Gasteiger partial charge in [-0.1, -0.05) is 12.5 Å². The minimum atomic E-state index is 0.0596. The summed E-state index contributed by atoms with van der Waals surface area (Å²) in [5.41, 5.74) is 2.63. The SMILES string of the molecule is Cn1ccc2cc(C3(CO)CCC3)ccc21. The second-order valence-corrected chi connectivity index (χ2v) is 4.99. The van der Waals surface area contributed by atoms with E-state index in [-0.39, 0.29) is 12.0 Å². The molecule has 2 aromatic rings. The lowest BCUT2D eigenvalue weighted by atomic mass is 9.65. The molecule has 0 saturated heterocycles. The van der Waals surface area contributed by atoms with Crippen LogP contribution in [0.25, 0.3) is 10.9 Å². The minimum Gasteiger partial charge on any atom is -0.395 e. The quantitative estimate of drug-likeness (QED) is 0.818. The molecule has 1 aliphatic rings. The Morgan fingerprint density at radius 1 is 1.31 bits per heavy atom. The molecule has 0 atom stereocenters. The number of aliphatic hydroxyl groups is 1. The van der Waals surface area contributed by atoms with E-state index in [1.165, 1.54) is 22.9 Å². The number of hydrogen-bond acceptors (Lipinski definition) is 1. The highest BCUT2D eigenvalue weighted by molar-refractivity contribution is 5.81. The van der Waals surface area contributed by atoms with Gasteiger partial charge in [0.15, 0.2) is 0 Å². The molecule has 0 spiro atoms. The molecule has 3 rings (SSSR count). The van der Waals surface area contributed by atoms with E-state index in [1.807, 2.05) is 0 Å². The summed E-state index contributed by atoms with van der Waals surface area (Å²) < 4.78 is 2.13. The molecule has 1 N–H and O–H groups in total. The molecule has 0 aliphatic heterocycles. The minimum absolute atomic E-state index is 0.0596. The van der Waals surface area contributed by atoms with Crippen LogP contribution in [-0.2, 0) is 12.5 Å². The third kappa shape index (κ3) is 1.23. The van der Waals surface area contributed by atoms with E-state index < -0.39 is 0 Å². The Labute approximate surface area is 95.5 Å². The van der Waals surface area contributed by atoms with Crippen LogP contribution in [-0.4, -0.2) is 16.3 Å². The van der Waals surface area contributed by atoms with Gasteiger partial charge in [0, 0.05) is 24.2 Å². The van der Waals surface area contributed by atoms with Crippen molar-refractivity contribution >= 4 is 10.9 Å². The van der Waals surface area contributed by atoms with Gasteiger partial charge >= 0.3 is 0 Å². The van der Waals surface area contributed by atoms with Crippen molar-refractivity contribution in [3.05, 3.63) is 36.0 Å². The molecule has 0 amide bonds. The normalized spacial score (nSPS) is 18.6. The van der Waals surface area contributed by atoms with E-state index in [4.69, 9.17) is 0 Å². The van der Waals surface area contributed by atoms with Gasteiger partial charge in [0.05, 0.1) is 6.61 Å². The summed E-state index contributed by atoms with van der Waals surface area (Å²) in [6, 6.07) is 8.73. The molecule has 2 nitrogen and oxygen atoms in total. The highest BCUT2D eigenvalue weighted by Crippen LogP contribution is 2.43. The first-order chi connectivity index (χ1) is 7.75. The van der Waals surface area contributed by atoms with Gasteiger partial charge < -0.3 is 9.67 Å². The average Bonchev–Trinajstić information content (AvgIpc) is 2.60. The summed E-state index contributed by atoms with van der Waals surface area (Å²) in [6.45, 7) is 0.283. The molecule has 1 heterocycles. The lowest BCUT2D eigenvalue weighted by Crippen LogP contribution is -2.37. The maximum Gasteiger partial charge on any atom is 0.0527 e. The highest BCUT2D eigenvalue weighted by atomic mass is 16.3. The van der Waals surface area contributed by atoms with E-state index >= 15 is 0 Å². The van der Waals surface area contributed by atoms with Crippen LogP contribution in [0.15, 0.2) is 30.5 Å². The third-order valence-electron chi connectivity index (χ3n) is 4.11. The van der Waals surface area contributed by atoms with Crippen molar-refractivity contribution in [1.82, 2.24) is 4.57 Å². The van der Waals surface area contributed by atoms with E-state index in [0.717, 1.165) is 12.8 Å². The zero-order valence-corrected chi connectivity index (χ0v) is 9.61. The molecule has 84 valence electrons. The fourth-order valence-electron chi connectivity index (χ4n) is 2.75. The Bertz CT molecular complexity index is 517. The van der Waals surface area contributed by atoms with Crippen LogP contribution in [0.5, 0.6) is 0 Å². The van der Waals surface area contributed by atoms with Crippen molar-refractivity contribution in [3.8, 4) is 0 Å². The maximum atomic E-state index is 9.56. The first-order valence-electron chi connectivity index (χ1n) is 5.92. The summed E-state index contributed by atoms with van der Waals surface area (Å²) in [7, 11) is 2.06. The molecular weight excluding hydrogens is 198 g/mol. The summed E-state index contributed by atoms with van der Waals surface area (Å²) in [4.78, 5) is 0. The van der Waals surface area contributed by atoms with Crippen LogP contribution >= 0.6 is 0 Å². The summed E-state index contributed by atoms with van der Waals surface area (Å²) >= 11 is 0. The Morgan fingerprint density at radius 3 is 2.75 bits per heavy atom. The molecular formula is C14H17NO. The third-order valence-corrected chi connectivity index (χ3v) is 4.11. The molecule has 1 aromatic carbocycles. The van der Waals surface area contributed by atoms with Crippen molar-refractivity contribution in [2.24, 2.45) is 7.05 Å². The second-order valence-electron chi connectivity index (χ2n) is 4.99. The zero-order chi connectivity index (χ0) is 11.2. The Hall–Kier alpha value is -1.28. The largest absolute Gasteiger partial charge is 0.395 e. The van der Waals surface area contributed by atoms with Crippen molar-refractivity contribution < 1.29 is 5.11 Å². The first-order valence-corrected chi connectivity index (χ1v) is 5.92. The van der Waals surface area contributed by atoms with Crippen molar-refractivity contribution in [3.63, 3.8) is 0 Å². The standard InChI is InChI=1S/C14H17NO/c1-15-8-5-11-9-12(3-4-13(11)15)14(10-16)6-2-7-14/h3-5,8-9,16H,2,6-7,10H2,1H3. The van der Waals surface area contributed by atoms with E-state index in [1.54, 1.807) is 0 Å². The lowest BCUT2D eigenvalue weighted by Gasteiger charge is -2.40. The Morgan fingerprint density at radius 2 is 2.12 bits per heavy atom. The summed E-state index contributed by atoms with van der Waals surface area (Å²) in [5, 5.41) is 10.8. The number of aryl methyl sites for hydroxylation is 1.